The third-order valence-electron chi connectivity index (χ3n) is 8.21. The van der Waals surface area contributed by atoms with E-state index in [1.165, 1.54) is 0 Å². The van der Waals surface area contributed by atoms with E-state index in [-0.39, 0.29) is 16.8 Å². The van der Waals surface area contributed by atoms with Gasteiger partial charge in [0, 0.05) is 35.6 Å². The molecule has 0 fully saturated rings. The zero-order valence-corrected chi connectivity index (χ0v) is 35.2. The Bertz CT molecular complexity index is 3300. The average Bonchev–Trinajstić information content (AvgIpc) is 3.16. The smallest absolute Gasteiger partial charge is 0.871 e. The molecule has 0 saturated carbocycles. The summed E-state index contributed by atoms with van der Waals surface area (Å²) in [5.74, 6) is -4.26. The summed E-state index contributed by atoms with van der Waals surface area (Å²) in [5, 5.41) is 82.6. The maximum atomic E-state index is 12.8. The standard InChI is InChI=1S/2C16H12N4O10S2.Co/c2*17-10-6-9(31(25,26)27)3-7-4-13(32(28,29)30)15(16(22)14(7)10)19-18-11-5-8(20(23)24)1-2-12(11)21;/h2*1-6,21-22H,17H2,(H,25,26,27)(H,28,29,30);/q;;+3/p-8. The third-order valence-corrected chi connectivity index (χ3v) is 11.5. The Kier molecular flexibility index (Phi) is 14.1. The monoisotopic (exact) mass is 1020 g/mol. The number of non-ortho nitro benzene ring substituents is 2. The van der Waals surface area contributed by atoms with Gasteiger partial charge in [0.05, 0.1) is 52.2 Å². The molecule has 6 aromatic carbocycles. The van der Waals surface area contributed by atoms with Crippen LogP contribution in [-0.4, -0.2) is 61.7 Å². The molecule has 6 aromatic rings. The number of anilines is 2. The molecule has 0 unspecified atom stereocenters. The summed E-state index contributed by atoms with van der Waals surface area (Å²) >= 11 is 0. The van der Waals surface area contributed by atoms with Crippen molar-refractivity contribution in [2.75, 3.05) is 11.5 Å². The molecule has 342 valence electrons. The van der Waals surface area contributed by atoms with Gasteiger partial charge in [-0.3, -0.25) is 20.2 Å². The van der Waals surface area contributed by atoms with Crippen molar-refractivity contribution < 1.29 is 98.9 Å². The van der Waals surface area contributed by atoms with Gasteiger partial charge in [0.15, 0.2) is 0 Å². The number of nitrogens with two attached hydrogens (primary N) is 2. The van der Waals surface area contributed by atoms with E-state index in [0.29, 0.717) is 48.5 Å². The topological polar surface area (TPSA) is 509 Å². The first-order valence-electron chi connectivity index (χ1n) is 16.1. The first-order valence-corrected chi connectivity index (χ1v) is 21.8. The van der Waals surface area contributed by atoms with Crippen LogP contribution < -0.4 is 31.9 Å². The minimum absolute atomic E-state index is 0. The van der Waals surface area contributed by atoms with Crippen molar-refractivity contribution in [2.45, 2.75) is 19.6 Å². The van der Waals surface area contributed by atoms with Gasteiger partial charge in [0.2, 0.25) is 0 Å². The van der Waals surface area contributed by atoms with Crippen molar-refractivity contribution in [3.05, 3.63) is 93.0 Å². The minimum atomic E-state index is -5.40. The number of fused-ring (bicyclic) bond motifs is 2. The molecule has 4 N–H and O–H groups in total. The Morgan fingerprint density at radius 2 is 0.785 bits per heavy atom. The van der Waals surface area contributed by atoms with Crippen molar-refractivity contribution in [2.24, 2.45) is 20.5 Å². The van der Waals surface area contributed by atoms with Crippen LogP contribution in [0.3, 0.4) is 0 Å². The molecule has 0 bridgehead atoms. The number of hydrogen-bond acceptors (Lipinski definition) is 26. The van der Waals surface area contributed by atoms with Crippen LogP contribution >= 0.6 is 0 Å². The minimum Gasteiger partial charge on any atom is -0.871 e. The predicted molar refractivity (Wildman–Crippen MR) is 201 cm³/mol. The van der Waals surface area contributed by atoms with Crippen LogP contribution in [0.25, 0.3) is 21.5 Å². The molecule has 0 aliphatic carbocycles. The Labute approximate surface area is 372 Å². The molecular formula is C32H16CoN8O20S4-5. The van der Waals surface area contributed by atoms with Crippen molar-refractivity contribution in [1.82, 2.24) is 0 Å². The van der Waals surface area contributed by atoms with E-state index in [9.17, 15) is 92.5 Å². The number of benzene rings is 6. The van der Waals surface area contributed by atoms with Gasteiger partial charge in [0.25, 0.3) is 11.4 Å². The summed E-state index contributed by atoms with van der Waals surface area (Å²) < 4.78 is 138. The largest absolute Gasteiger partial charge is 3.00 e. The second kappa shape index (κ2) is 18.1. The first kappa shape index (κ1) is 50.4. The van der Waals surface area contributed by atoms with Gasteiger partial charge in [-0.2, -0.15) is 10.2 Å². The molecule has 0 aliphatic heterocycles. The molecule has 28 nitrogen and oxygen atoms in total. The second-order valence-corrected chi connectivity index (χ2v) is 17.8. The normalized spacial score (nSPS) is 12.2. The average molecular weight is 1020 g/mol. The zero-order valence-electron chi connectivity index (χ0n) is 30.9. The number of rotatable bonds is 10. The van der Waals surface area contributed by atoms with Gasteiger partial charge in [-0.15, -0.1) is 10.2 Å². The number of nitrogens with zero attached hydrogens (tertiary/aromatic N) is 6. The summed E-state index contributed by atoms with van der Waals surface area (Å²) in [6.07, 6.45) is 0. The Morgan fingerprint density at radius 3 is 1.06 bits per heavy atom. The molecule has 0 heterocycles. The molecule has 0 spiro atoms. The first-order chi connectivity index (χ1) is 29.4. The zero-order chi connectivity index (χ0) is 48.0. The molecule has 0 saturated heterocycles. The van der Waals surface area contributed by atoms with E-state index in [0.717, 1.165) is 24.3 Å². The number of azo groups is 2. The number of nitro benzene ring substituents is 2. The van der Waals surface area contributed by atoms with Crippen LogP contribution in [0.2, 0.25) is 0 Å². The molecule has 0 radical (unpaired) electrons. The van der Waals surface area contributed by atoms with Gasteiger partial charge in [0.1, 0.15) is 40.5 Å². The Balaban J connectivity index is 0.000000280. The van der Waals surface area contributed by atoms with Gasteiger partial charge < -0.3 is 50.1 Å². The molecule has 0 amide bonds. The molecule has 0 aliphatic rings. The Morgan fingerprint density at radius 1 is 0.462 bits per heavy atom. The van der Waals surface area contributed by atoms with Crippen LogP contribution in [0.4, 0.5) is 45.5 Å². The molecule has 65 heavy (non-hydrogen) atoms. The van der Waals surface area contributed by atoms with E-state index in [2.05, 4.69) is 20.5 Å². The van der Waals surface area contributed by atoms with Gasteiger partial charge in [-0.1, -0.05) is 35.1 Å². The van der Waals surface area contributed by atoms with Crippen LogP contribution in [0.1, 0.15) is 0 Å². The van der Waals surface area contributed by atoms with E-state index < -0.39 is 160 Å². The van der Waals surface area contributed by atoms with Gasteiger partial charge in [-0.25, -0.2) is 33.7 Å². The fraction of sp³-hybridized carbons (Fsp3) is 0. The summed E-state index contributed by atoms with van der Waals surface area (Å²) in [5.41, 5.74) is 5.72. The van der Waals surface area contributed by atoms with Crippen LogP contribution in [0.15, 0.2) is 113 Å². The molecule has 0 atom stereocenters. The fourth-order valence-corrected chi connectivity index (χ4v) is 7.78. The van der Waals surface area contributed by atoms with E-state index in [1.807, 2.05) is 0 Å². The second-order valence-electron chi connectivity index (χ2n) is 12.4. The van der Waals surface area contributed by atoms with Crippen LogP contribution in [0, 0.1) is 20.2 Å². The Hall–Kier alpha value is -7.21. The van der Waals surface area contributed by atoms with Crippen LogP contribution in [0.5, 0.6) is 23.0 Å². The number of nitrogen functional groups attached to an aromatic ring is 2. The summed E-state index contributed by atoms with van der Waals surface area (Å²) in [7, 11) is -20.9. The van der Waals surface area contributed by atoms with Crippen molar-refractivity contribution in [1.29, 1.82) is 0 Å². The van der Waals surface area contributed by atoms with Crippen molar-refractivity contribution in [3.8, 4) is 23.0 Å². The van der Waals surface area contributed by atoms with Gasteiger partial charge in [-0.05, 0) is 57.9 Å². The quantitative estimate of drug-likeness (QED) is 0.0643. The molecule has 6 rings (SSSR count). The predicted octanol–water partition coefficient (Wildman–Crippen LogP) is 1.40. The number of nitro groups is 2. The molecule has 33 heteroatoms. The maximum Gasteiger partial charge on any atom is 3.00 e. The maximum absolute atomic E-state index is 12.8. The summed E-state index contributed by atoms with van der Waals surface area (Å²) in [6, 6.07) is 8.54. The number of hydrogen-bond donors (Lipinski definition) is 2. The summed E-state index contributed by atoms with van der Waals surface area (Å²) in [4.78, 5) is 15.8. The van der Waals surface area contributed by atoms with E-state index >= 15 is 0 Å². The SMILES string of the molecule is Nc1cc(S(=O)(=O)[O-])cc2cc(S(=O)(=O)[O-])c(N=Nc3cc([N+](=O)[O-])ccc3[O-])c([O-])c12.Nc1cc(S(=O)(=O)[O-])cc2cc(S(=O)(=O)[O-])c(N=Nc3cc([N+](=O)[O-])ccc3[O-])c([O-])c12.[Co+3]. The van der Waals surface area contributed by atoms with Crippen molar-refractivity contribution in [3.63, 3.8) is 0 Å². The van der Waals surface area contributed by atoms with E-state index in [4.69, 9.17) is 11.5 Å². The third kappa shape index (κ3) is 10.9. The fourth-order valence-electron chi connectivity index (χ4n) is 5.41. The summed E-state index contributed by atoms with van der Waals surface area (Å²) in [6.45, 7) is 0. The van der Waals surface area contributed by atoms with E-state index in [1.54, 1.807) is 0 Å². The van der Waals surface area contributed by atoms with Gasteiger partial charge >= 0.3 is 16.8 Å². The molecular weight excluding hydrogens is 1000 g/mol. The molecule has 0 aromatic heterocycles. The van der Waals surface area contributed by atoms with Crippen LogP contribution in [-0.2, 0) is 57.3 Å². The van der Waals surface area contributed by atoms with Crippen molar-refractivity contribution >= 4 is 108 Å².